The summed E-state index contributed by atoms with van der Waals surface area (Å²) in [6.07, 6.45) is 13.6. The fourth-order valence-electron chi connectivity index (χ4n) is 7.42. The zero-order chi connectivity index (χ0) is 34.4. The van der Waals surface area contributed by atoms with E-state index in [9.17, 15) is 14.4 Å². The fraction of sp³-hybridized carbons (Fsp3) is 0.310. The summed E-state index contributed by atoms with van der Waals surface area (Å²) in [5.41, 5.74) is 15.8. The maximum Gasteiger partial charge on any atom is 0.336 e. The molecule has 1 aliphatic carbocycles. The number of carbonyl (C=O) groups excluding carboxylic acids is 3. The molecule has 4 aromatic carbocycles. The first kappa shape index (κ1) is 33.7. The van der Waals surface area contributed by atoms with E-state index in [0.717, 1.165) is 11.5 Å². The first-order valence-corrected chi connectivity index (χ1v) is 17.5. The van der Waals surface area contributed by atoms with Crippen LogP contribution in [0.15, 0.2) is 103 Å². The summed E-state index contributed by atoms with van der Waals surface area (Å²) in [4.78, 5) is 41.6. The topological polar surface area (TPSA) is 116 Å². The van der Waals surface area contributed by atoms with Crippen molar-refractivity contribution in [3.05, 3.63) is 125 Å². The van der Waals surface area contributed by atoms with Crippen LogP contribution in [-0.4, -0.2) is 17.8 Å². The SMILES string of the molecule is CCCCCC1CCC(c2ccc(/C=C/C(=O)Oc3ccc(N4C(=O)CC(c5ccc(N)cc5)(c5ccc(N)cc5)C4=O)cc3)cc2)CC1. The molecule has 1 heterocycles. The Bertz CT molecular complexity index is 1740. The van der Waals surface area contributed by atoms with Crippen molar-refractivity contribution in [1.29, 1.82) is 0 Å². The third-order valence-corrected chi connectivity index (χ3v) is 10.2. The molecule has 4 N–H and O–H groups in total. The standard InChI is InChI=1S/C42H45N3O4/c1-2-3-4-5-29-6-11-31(12-7-29)32-13-8-30(9-14-32)10-27-40(47)49-38-25-23-37(24-26-38)45-39(46)28-42(41(45)48,33-15-19-35(43)20-16-33)34-17-21-36(44)22-18-34/h8-10,13-27,29,31H,2-7,11-12,28,43-44H2,1H3/b27-10+. The maximum atomic E-state index is 14.2. The van der Waals surface area contributed by atoms with E-state index < -0.39 is 11.4 Å². The lowest BCUT2D eigenvalue weighted by atomic mass is 9.73. The van der Waals surface area contributed by atoms with E-state index in [2.05, 4.69) is 31.2 Å². The molecule has 1 saturated heterocycles. The van der Waals surface area contributed by atoms with Crippen molar-refractivity contribution in [2.45, 2.75) is 76.0 Å². The van der Waals surface area contributed by atoms with Crippen LogP contribution in [0.5, 0.6) is 5.75 Å². The summed E-state index contributed by atoms with van der Waals surface area (Å²) in [6, 6.07) is 28.9. The fourth-order valence-corrected chi connectivity index (χ4v) is 7.42. The van der Waals surface area contributed by atoms with Gasteiger partial charge in [0.2, 0.25) is 11.8 Å². The van der Waals surface area contributed by atoms with Gasteiger partial charge in [-0.2, -0.15) is 0 Å². The van der Waals surface area contributed by atoms with Crippen LogP contribution in [0.4, 0.5) is 17.1 Å². The Labute approximate surface area is 289 Å². The molecule has 7 nitrogen and oxygen atoms in total. The molecule has 2 aliphatic rings. The van der Waals surface area contributed by atoms with Crippen molar-refractivity contribution < 1.29 is 19.1 Å². The Morgan fingerprint density at radius 1 is 0.796 bits per heavy atom. The zero-order valence-corrected chi connectivity index (χ0v) is 28.1. The molecule has 0 aromatic heterocycles. The van der Waals surface area contributed by atoms with Crippen LogP contribution in [0.3, 0.4) is 0 Å². The number of benzene rings is 4. The van der Waals surface area contributed by atoms with Crippen molar-refractivity contribution in [2.75, 3.05) is 16.4 Å². The number of ether oxygens (including phenoxy) is 1. The number of esters is 1. The van der Waals surface area contributed by atoms with Gasteiger partial charge >= 0.3 is 5.97 Å². The van der Waals surface area contributed by atoms with Crippen molar-refractivity contribution in [2.24, 2.45) is 5.92 Å². The lowest BCUT2D eigenvalue weighted by Crippen LogP contribution is -2.39. The summed E-state index contributed by atoms with van der Waals surface area (Å²) in [5.74, 6) is 0.580. The summed E-state index contributed by atoms with van der Waals surface area (Å²) < 4.78 is 5.54. The molecule has 7 heteroatoms. The second-order valence-corrected chi connectivity index (χ2v) is 13.5. The van der Waals surface area contributed by atoms with Crippen LogP contribution in [-0.2, 0) is 19.8 Å². The quantitative estimate of drug-likeness (QED) is 0.0418. The number of hydrogen-bond acceptors (Lipinski definition) is 6. The van der Waals surface area contributed by atoms with E-state index >= 15 is 0 Å². The average molecular weight is 656 g/mol. The molecule has 49 heavy (non-hydrogen) atoms. The van der Waals surface area contributed by atoms with Gasteiger partial charge in [-0.3, -0.25) is 9.59 Å². The van der Waals surface area contributed by atoms with Gasteiger partial charge < -0.3 is 16.2 Å². The summed E-state index contributed by atoms with van der Waals surface area (Å²) in [6.45, 7) is 2.26. The largest absolute Gasteiger partial charge is 0.423 e. The van der Waals surface area contributed by atoms with Crippen LogP contribution in [0.2, 0.25) is 0 Å². The Balaban J connectivity index is 1.08. The summed E-state index contributed by atoms with van der Waals surface area (Å²) in [7, 11) is 0. The van der Waals surface area contributed by atoms with E-state index in [-0.39, 0.29) is 18.2 Å². The molecule has 0 atom stereocenters. The zero-order valence-electron chi connectivity index (χ0n) is 28.1. The van der Waals surface area contributed by atoms with Crippen LogP contribution in [0, 0.1) is 5.92 Å². The molecule has 1 saturated carbocycles. The smallest absolute Gasteiger partial charge is 0.336 e. The first-order valence-electron chi connectivity index (χ1n) is 17.5. The molecule has 252 valence electrons. The third-order valence-electron chi connectivity index (χ3n) is 10.2. The molecule has 2 amide bonds. The van der Waals surface area contributed by atoms with Crippen LogP contribution in [0.1, 0.15) is 92.9 Å². The number of rotatable bonds is 11. The van der Waals surface area contributed by atoms with E-state index in [4.69, 9.17) is 16.2 Å². The Hall–Kier alpha value is -5.17. The second kappa shape index (κ2) is 14.9. The van der Waals surface area contributed by atoms with E-state index in [1.54, 1.807) is 78.9 Å². The summed E-state index contributed by atoms with van der Waals surface area (Å²) >= 11 is 0. The third kappa shape index (κ3) is 7.46. The number of imide groups is 1. The van der Waals surface area contributed by atoms with Crippen LogP contribution >= 0.6 is 0 Å². The monoisotopic (exact) mass is 655 g/mol. The van der Waals surface area contributed by atoms with Crippen LogP contribution in [0.25, 0.3) is 6.08 Å². The molecule has 1 aliphatic heterocycles. The Morgan fingerprint density at radius 2 is 1.39 bits per heavy atom. The molecular formula is C42H45N3O4. The summed E-state index contributed by atoms with van der Waals surface area (Å²) in [5, 5.41) is 0. The van der Waals surface area contributed by atoms with Gasteiger partial charge in [0.25, 0.3) is 0 Å². The first-order chi connectivity index (χ1) is 23.8. The van der Waals surface area contributed by atoms with Gasteiger partial charge in [-0.15, -0.1) is 0 Å². The molecule has 0 spiro atoms. The number of amides is 2. The van der Waals surface area contributed by atoms with Crippen molar-refractivity contribution >= 4 is 40.9 Å². The van der Waals surface area contributed by atoms with Gasteiger partial charge in [0.1, 0.15) is 11.2 Å². The minimum Gasteiger partial charge on any atom is -0.423 e. The van der Waals surface area contributed by atoms with Gasteiger partial charge in [0.05, 0.1) is 12.1 Å². The maximum absolute atomic E-state index is 14.2. The highest BCUT2D eigenvalue weighted by Crippen LogP contribution is 2.45. The van der Waals surface area contributed by atoms with Crippen molar-refractivity contribution in [1.82, 2.24) is 0 Å². The van der Waals surface area contributed by atoms with Gasteiger partial charge in [0, 0.05) is 17.5 Å². The van der Waals surface area contributed by atoms with Crippen LogP contribution < -0.4 is 21.1 Å². The lowest BCUT2D eigenvalue weighted by molar-refractivity contribution is -0.129. The molecule has 2 fully saturated rings. The molecular weight excluding hydrogens is 610 g/mol. The highest BCUT2D eigenvalue weighted by molar-refractivity contribution is 6.26. The second-order valence-electron chi connectivity index (χ2n) is 13.5. The normalized spacial score (nSPS) is 19.0. The average Bonchev–Trinajstić information content (AvgIpc) is 3.39. The molecule has 6 rings (SSSR count). The minimum atomic E-state index is -1.24. The van der Waals surface area contributed by atoms with Gasteiger partial charge in [0.15, 0.2) is 0 Å². The molecule has 0 radical (unpaired) electrons. The van der Waals surface area contributed by atoms with E-state index in [1.807, 2.05) is 0 Å². The highest BCUT2D eigenvalue weighted by atomic mass is 16.5. The number of hydrogen-bond donors (Lipinski definition) is 2. The number of anilines is 3. The lowest BCUT2D eigenvalue weighted by Gasteiger charge is -2.29. The number of carbonyl (C=O) groups is 3. The highest BCUT2D eigenvalue weighted by Gasteiger charge is 2.54. The van der Waals surface area contributed by atoms with Crippen molar-refractivity contribution in [3.8, 4) is 5.75 Å². The Morgan fingerprint density at radius 3 is 1.96 bits per heavy atom. The molecule has 4 aromatic rings. The predicted octanol–water partition coefficient (Wildman–Crippen LogP) is 8.57. The number of nitrogens with two attached hydrogens (primary N) is 2. The van der Waals surface area contributed by atoms with Gasteiger partial charge in [-0.1, -0.05) is 81.1 Å². The predicted molar refractivity (Wildman–Crippen MR) is 196 cm³/mol. The van der Waals surface area contributed by atoms with E-state index in [0.29, 0.717) is 39.9 Å². The number of nitrogen functional groups attached to an aromatic ring is 2. The Kier molecular flexibility index (Phi) is 10.3. The minimum absolute atomic E-state index is 0.0531. The van der Waals surface area contributed by atoms with Gasteiger partial charge in [-0.05, 0) is 114 Å². The number of unbranched alkanes of at least 4 members (excludes halogenated alkanes) is 2. The van der Waals surface area contributed by atoms with Gasteiger partial charge in [-0.25, -0.2) is 9.69 Å². The van der Waals surface area contributed by atoms with E-state index in [1.165, 1.54) is 67.9 Å². The molecule has 0 unspecified atom stereocenters. The molecule has 0 bridgehead atoms. The number of nitrogens with zero attached hydrogens (tertiary/aromatic N) is 1. The van der Waals surface area contributed by atoms with Crippen molar-refractivity contribution in [3.63, 3.8) is 0 Å².